The summed E-state index contributed by atoms with van der Waals surface area (Å²) in [4.78, 5) is 33.6. The average molecular weight is 444 g/mol. The van der Waals surface area contributed by atoms with Crippen molar-refractivity contribution in [2.45, 2.75) is 12.8 Å². The molecule has 1 N–H and O–H groups in total. The number of hydrogen-bond donors (Lipinski definition) is 1. The minimum Gasteiger partial charge on any atom is -0.496 e. The predicted octanol–water partition coefficient (Wildman–Crippen LogP) is 5.48. The zero-order valence-corrected chi connectivity index (χ0v) is 18.3. The maximum absolute atomic E-state index is 12.5. The second-order valence-electron chi connectivity index (χ2n) is 7.03. The van der Waals surface area contributed by atoms with Crippen molar-refractivity contribution >= 4 is 28.7 Å². The second-order valence-corrected chi connectivity index (χ2v) is 7.88. The van der Waals surface area contributed by atoms with Crippen molar-refractivity contribution in [3.63, 3.8) is 0 Å². The van der Waals surface area contributed by atoms with Gasteiger partial charge in [-0.25, -0.2) is 4.98 Å². The number of hydrogen-bond acceptors (Lipinski definition) is 6. The zero-order chi connectivity index (χ0) is 22.3. The highest BCUT2D eigenvalue weighted by molar-refractivity contribution is 7.13. The van der Waals surface area contributed by atoms with E-state index in [9.17, 15) is 9.59 Å². The Morgan fingerprint density at radius 1 is 0.969 bits per heavy atom. The van der Waals surface area contributed by atoms with Gasteiger partial charge < -0.3 is 10.1 Å². The zero-order valence-electron chi connectivity index (χ0n) is 17.4. The molecule has 7 heteroatoms. The number of carbonyl (C=O) groups excluding carboxylic acids is 2. The molecule has 1 amide bonds. The lowest BCUT2D eigenvalue weighted by Crippen LogP contribution is -2.13. The number of benzene rings is 2. The van der Waals surface area contributed by atoms with E-state index >= 15 is 0 Å². The first kappa shape index (κ1) is 21.4. The first-order chi connectivity index (χ1) is 15.6. The Labute approximate surface area is 189 Å². The van der Waals surface area contributed by atoms with E-state index in [0.29, 0.717) is 17.0 Å². The molecule has 4 aromatic rings. The number of methoxy groups -OCH3 is 1. The molecule has 160 valence electrons. The largest absolute Gasteiger partial charge is 0.496 e. The van der Waals surface area contributed by atoms with Crippen molar-refractivity contribution in [2.24, 2.45) is 0 Å². The van der Waals surface area contributed by atoms with E-state index < -0.39 is 0 Å². The molecule has 0 aliphatic heterocycles. The molecule has 0 aliphatic rings. The molecule has 0 fully saturated rings. The summed E-state index contributed by atoms with van der Waals surface area (Å²) in [5.41, 5.74) is 3.91. The number of para-hydroxylation sites is 1. The first-order valence-electron chi connectivity index (χ1n) is 10.1. The van der Waals surface area contributed by atoms with Gasteiger partial charge in [0.1, 0.15) is 10.8 Å². The molecular formula is C25H21N3O3S. The highest BCUT2D eigenvalue weighted by Gasteiger charge is 2.14. The van der Waals surface area contributed by atoms with Gasteiger partial charge in [-0.05, 0) is 36.4 Å². The van der Waals surface area contributed by atoms with Gasteiger partial charge in [0.2, 0.25) is 5.91 Å². The van der Waals surface area contributed by atoms with Crippen LogP contribution in [-0.2, 0) is 4.79 Å². The lowest BCUT2D eigenvalue weighted by atomic mass is 10.1. The smallest absolute Gasteiger partial charge is 0.224 e. The van der Waals surface area contributed by atoms with E-state index in [1.54, 1.807) is 48.0 Å². The molecule has 0 saturated heterocycles. The van der Waals surface area contributed by atoms with Crippen LogP contribution in [0.1, 0.15) is 23.2 Å². The second kappa shape index (κ2) is 9.98. The maximum atomic E-state index is 12.5. The topological polar surface area (TPSA) is 81.2 Å². The number of rotatable bonds is 8. The number of nitrogens with zero attached hydrogens (tertiary/aromatic N) is 2. The molecule has 2 aromatic heterocycles. The van der Waals surface area contributed by atoms with Crippen molar-refractivity contribution < 1.29 is 14.3 Å². The number of pyridine rings is 1. The number of Topliss-reactive ketones (excluding diaryl/α,β-unsaturated/α-hetero) is 1. The minimum absolute atomic E-state index is 0.0873. The normalized spacial score (nSPS) is 10.5. The molecule has 0 atom stereocenters. The summed E-state index contributed by atoms with van der Waals surface area (Å²) in [6, 6.07) is 18.4. The molecule has 0 aliphatic carbocycles. The summed E-state index contributed by atoms with van der Waals surface area (Å²) in [6.45, 7) is 0. The summed E-state index contributed by atoms with van der Waals surface area (Å²) in [5.74, 6) is 0.165. The van der Waals surface area contributed by atoms with Gasteiger partial charge in [0.05, 0.1) is 18.4 Å². The SMILES string of the molecule is COc1ccccc1C(=O)CCC(=O)Nc1cccc(-c2csc(-c3ccncc3)n2)c1. The maximum Gasteiger partial charge on any atom is 0.224 e. The van der Waals surface area contributed by atoms with Crippen molar-refractivity contribution in [1.29, 1.82) is 0 Å². The summed E-state index contributed by atoms with van der Waals surface area (Å²) in [7, 11) is 1.52. The Hall–Kier alpha value is -3.84. The van der Waals surface area contributed by atoms with Crippen LogP contribution >= 0.6 is 11.3 Å². The van der Waals surface area contributed by atoms with E-state index in [2.05, 4.69) is 10.3 Å². The number of ether oxygens (including phenoxy) is 1. The highest BCUT2D eigenvalue weighted by atomic mass is 32.1. The van der Waals surface area contributed by atoms with E-state index in [1.165, 1.54) is 7.11 Å². The lowest BCUT2D eigenvalue weighted by Gasteiger charge is -2.08. The van der Waals surface area contributed by atoms with Gasteiger partial charge in [0, 0.05) is 47.4 Å². The Morgan fingerprint density at radius 3 is 2.59 bits per heavy atom. The Bertz CT molecular complexity index is 1240. The fourth-order valence-electron chi connectivity index (χ4n) is 3.25. The molecule has 6 nitrogen and oxygen atoms in total. The van der Waals surface area contributed by atoms with Crippen molar-refractivity contribution in [3.8, 4) is 27.6 Å². The lowest BCUT2D eigenvalue weighted by molar-refractivity contribution is -0.116. The van der Waals surface area contributed by atoms with E-state index in [0.717, 1.165) is 21.8 Å². The summed E-state index contributed by atoms with van der Waals surface area (Å²) < 4.78 is 5.22. The van der Waals surface area contributed by atoms with Gasteiger partial charge in [-0.1, -0.05) is 24.3 Å². The fourth-order valence-corrected chi connectivity index (χ4v) is 4.09. The first-order valence-corrected chi connectivity index (χ1v) is 10.9. The van der Waals surface area contributed by atoms with Crippen LogP contribution in [-0.4, -0.2) is 28.8 Å². The number of anilines is 1. The fraction of sp³-hybridized carbons (Fsp3) is 0.120. The van der Waals surface area contributed by atoms with Crippen LogP contribution in [0.5, 0.6) is 5.75 Å². The van der Waals surface area contributed by atoms with Gasteiger partial charge in [-0.15, -0.1) is 11.3 Å². The van der Waals surface area contributed by atoms with Crippen LogP contribution < -0.4 is 10.1 Å². The summed E-state index contributed by atoms with van der Waals surface area (Å²) in [5, 5.41) is 5.77. The van der Waals surface area contributed by atoms with Gasteiger partial charge in [-0.3, -0.25) is 14.6 Å². The van der Waals surface area contributed by atoms with E-state index in [-0.39, 0.29) is 24.5 Å². The van der Waals surface area contributed by atoms with Crippen molar-refractivity contribution in [2.75, 3.05) is 12.4 Å². The Balaban J connectivity index is 1.39. The van der Waals surface area contributed by atoms with Gasteiger partial charge >= 0.3 is 0 Å². The number of thiazole rings is 1. The quantitative estimate of drug-likeness (QED) is 0.365. The van der Waals surface area contributed by atoms with Crippen molar-refractivity contribution in [3.05, 3.63) is 84.0 Å². The third-order valence-electron chi connectivity index (χ3n) is 4.86. The molecule has 4 rings (SSSR count). The van der Waals surface area contributed by atoms with Crippen LogP contribution in [0.4, 0.5) is 5.69 Å². The van der Waals surface area contributed by atoms with Crippen LogP contribution in [0.25, 0.3) is 21.8 Å². The van der Waals surface area contributed by atoms with E-state index in [4.69, 9.17) is 9.72 Å². The average Bonchev–Trinajstić information content (AvgIpc) is 3.34. The van der Waals surface area contributed by atoms with Crippen molar-refractivity contribution in [1.82, 2.24) is 9.97 Å². The van der Waals surface area contributed by atoms with E-state index in [1.807, 2.05) is 41.8 Å². The predicted molar refractivity (Wildman–Crippen MR) is 126 cm³/mol. The molecular weight excluding hydrogens is 422 g/mol. The van der Waals surface area contributed by atoms with Gasteiger partial charge in [0.25, 0.3) is 0 Å². The van der Waals surface area contributed by atoms with Gasteiger partial charge in [-0.2, -0.15) is 0 Å². The summed E-state index contributed by atoms with van der Waals surface area (Å²) in [6.07, 6.45) is 3.67. The number of amides is 1. The molecule has 2 aromatic carbocycles. The van der Waals surface area contributed by atoms with Gasteiger partial charge in [0.15, 0.2) is 5.78 Å². The molecule has 0 spiro atoms. The minimum atomic E-state index is -0.221. The highest BCUT2D eigenvalue weighted by Crippen LogP contribution is 2.29. The summed E-state index contributed by atoms with van der Waals surface area (Å²) >= 11 is 1.56. The number of ketones is 1. The van der Waals surface area contributed by atoms with Crippen LogP contribution in [0, 0.1) is 0 Å². The van der Waals surface area contributed by atoms with Crippen LogP contribution in [0.15, 0.2) is 78.4 Å². The Kier molecular flexibility index (Phi) is 6.67. The third kappa shape index (κ3) is 5.07. The van der Waals surface area contributed by atoms with Crippen LogP contribution in [0.2, 0.25) is 0 Å². The Morgan fingerprint density at radius 2 is 1.78 bits per heavy atom. The standard InChI is InChI=1S/C25H21N3O3S/c1-31-23-8-3-2-7-20(23)22(29)9-10-24(30)27-19-6-4-5-18(15-19)21-16-32-25(28-21)17-11-13-26-14-12-17/h2-8,11-16H,9-10H2,1H3,(H,27,30). The third-order valence-corrected chi connectivity index (χ3v) is 5.75. The molecule has 32 heavy (non-hydrogen) atoms. The molecule has 2 heterocycles. The van der Waals surface area contributed by atoms with Crippen LogP contribution in [0.3, 0.4) is 0 Å². The monoisotopic (exact) mass is 443 g/mol. The number of aromatic nitrogens is 2. The number of nitrogens with one attached hydrogen (secondary N) is 1. The molecule has 0 saturated carbocycles. The molecule has 0 radical (unpaired) electrons. The molecule has 0 bridgehead atoms. The number of carbonyl (C=O) groups is 2. The molecule has 0 unspecified atom stereocenters.